The van der Waals surface area contributed by atoms with Gasteiger partial charge in [0.05, 0.1) is 16.8 Å². The maximum Gasteiger partial charge on any atom is 0.194 e. The van der Waals surface area contributed by atoms with Crippen molar-refractivity contribution in [3.8, 4) is 0 Å². The number of nitrogens with one attached hydrogen (secondary N) is 1. The van der Waals surface area contributed by atoms with Crippen molar-refractivity contribution in [3.63, 3.8) is 0 Å². The molecule has 8 heteroatoms. The number of nitrogens with zero attached hydrogens (tertiary/aromatic N) is 4. The molecule has 164 valence electrons. The number of hydrogen-bond donors (Lipinski definition) is 2. The Labute approximate surface area is 197 Å². The van der Waals surface area contributed by atoms with Gasteiger partial charge in [-0.25, -0.2) is 0 Å². The molecular weight excluding hydrogens is 501 g/mol. The van der Waals surface area contributed by atoms with Gasteiger partial charge >= 0.3 is 0 Å². The maximum atomic E-state index is 9.61. The van der Waals surface area contributed by atoms with Crippen molar-refractivity contribution < 1.29 is 5.11 Å². The minimum absolute atomic E-state index is 0. The summed E-state index contributed by atoms with van der Waals surface area (Å²) in [4.78, 5) is 12.0. The van der Waals surface area contributed by atoms with Gasteiger partial charge in [-0.2, -0.15) is 0 Å². The predicted molar refractivity (Wildman–Crippen MR) is 133 cm³/mol. The highest BCUT2D eigenvalue weighted by atomic mass is 127. The molecule has 0 unspecified atom stereocenters. The predicted octanol–water partition coefficient (Wildman–Crippen LogP) is 2.89. The number of benzene rings is 1. The summed E-state index contributed by atoms with van der Waals surface area (Å²) < 4.78 is 0. The second kappa shape index (κ2) is 12.8. The molecule has 2 aliphatic rings. The van der Waals surface area contributed by atoms with Gasteiger partial charge in [0, 0.05) is 52.4 Å². The Bertz CT molecular complexity index is 631. The molecule has 0 aliphatic carbocycles. The van der Waals surface area contributed by atoms with Crippen LogP contribution >= 0.6 is 35.6 Å². The number of hydrogen-bond acceptors (Lipinski definition) is 4. The van der Waals surface area contributed by atoms with Crippen molar-refractivity contribution >= 4 is 47.2 Å². The molecule has 0 saturated carbocycles. The SMILES string of the molecule is CCNC(=NCCCN1CCC(O)CC1)N1CCN(c2ccccc2Cl)CC1.I. The van der Waals surface area contributed by atoms with E-state index in [1.807, 2.05) is 18.2 Å². The Morgan fingerprint density at radius 3 is 2.48 bits per heavy atom. The molecule has 2 N–H and O–H groups in total. The van der Waals surface area contributed by atoms with Crippen LogP contribution in [-0.4, -0.2) is 85.9 Å². The minimum Gasteiger partial charge on any atom is -0.393 e. The lowest BCUT2D eigenvalue weighted by molar-refractivity contribution is 0.0824. The maximum absolute atomic E-state index is 9.61. The molecule has 29 heavy (non-hydrogen) atoms. The number of guanidine groups is 1. The van der Waals surface area contributed by atoms with E-state index in [1.54, 1.807) is 0 Å². The smallest absolute Gasteiger partial charge is 0.194 e. The fourth-order valence-electron chi connectivity index (χ4n) is 3.92. The number of aliphatic hydroxyl groups excluding tert-OH is 1. The molecule has 2 fully saturated rings. The van der Waals surface area contributed by atoms with Crippen molar-refractivity contribution in [2.45, 2.75) is 32.3 Å². The first-order valence-electron chi connectivity index (χ1n) is 10.6. The zero-order chi connectivity index (χ0) is 19.8. The van der Waals surface area contributed by atoms with Crippen LogP contribution in [0.4, 0.5) is 5.69 Å². The summed E-state index contributed by atoms with van der Waals surface area (Å²) in [5.41, 5.74) is 1.12. The zero-order valence-electron chi connectivity index (χ0n) is 17.4. The Morgan fingerprint density at radius 1 is 1.14 bits per heavy atom. The second-order valence-electron chi connectivity index (χ2n) is 7.59. The van der Waals surface area contributed by atoms with Gasteiger partial charge in [-0.15, -0.1) is 24.0 Å². The van der Waals surface area contributed by atoms with Gasteiger partial charge in [0.2, 0.25) is 0 Å². The van der Waals surface area contributed by atoms with Gasteiger partial charge < -0.3 is 25.1 Å². The van der Waals surface area contributed by atoms with Crippen LogP contribution < -0.4 is 10.2 Å². The summed E-state index contributed by atoms with van der Waals surface area (Å²) in [6, 6.07) is 8.07. The van der Waals surface area contributed by atoms with Gasteiger partial charge in [0.25, 0.3) is 0 Å². The number of aliphatic imine (C=N–C) groups is 1. The Kier molecular flexibility index (Phi) is 10.8. The summed E-state index contributed by atoms with van der Waals surface area (Å²) >= 11 is 6.35. The topological polar surface area (TPSA) is 54.3 Å². The molecule has 1 aromatic carbocycles. The van der Waals surface area contributed by atoms with E-state index < -0.39 is 0 Å². The number of rotatable bonds is 6. The Hall–Kier alpha value is -0.770. The monoisotopic (exact) mass is 535 g/mol. The van der Waals surface area contributed by atoms with Crippen LogP contribution in [0.15, 0.2) is 29.3 Å². The minimum atomic E-state index is -0.0981. The van der Waals surface area contributed by atoms with E-state index >= 15 is 0 Å². The summed E-state index contributed by atoms with van der Waals surface area (Å²) in [5.74, 6) is 1.02. The first-order valence-corrected chi connectivity index (χ1v) is 11.0. The fourth-order valence-corrected chi connectivity index (χ4v) is 4.17. The average Bonchev–Trinajstić information content (AvgIpc) is 2.72. The van der Waals surface area contributed by atoms with E-state index in [0.717, 1.165) is 94.8 Å². The molecule has 0 atom stereocenters. The van der Waals surface area contributed by atoms with E-state index in [9.17, 15) is 5.11 Å². The Morgan fingerprint density at radius 2 is 1.83 bits per heavy atom. The molecule has 0 aromatic heterocycles. The molecule has 0 amide bonds. The van der Waals surface area contributed by atoms with Crippen molar-refractivity contribution in [3.05, 3.63) is 29.3 Å². The molecule has 0 radical (unpaired) electrons. The summed E-state index contributed by atoms with van der Waals surface area (Å²) in [6.07, 6.45) is 2.77. The van der Waals surface area contributed by atoms with Crippen LogP contribution in [0.2, 0.25) is 5.02 Å². The second-order valence-corrected chi connectivity index (χ2v) is 7.99. The number of piperidine rings is 1. The van der Waals surface area contributed by atoms with E-state index in [1.165, 1.54) is 0 Å². The van der Waals surface area contributed by atoms with Crippen LogP contribution in [0, 0.1) is 0 Å². The molecule has 2 saturated heterocycles. The van der Waals surface area contributed by atoms with E-state index in [0.29, 0.717) is 0 Å². The molecule has 3 rings (SSSR count). The third-order valence-electron chi connectivity index (χ3n) is 5.56. The number of likely N-dealkylation sites (tertiary alicyclic amines) is 1. The number of halogens is 2. The molecule has 2 aliphatic heterocycles. The van der Waals surface area contributed by atoms with Crippen molar-refractivity contribution in [1.82, 2.24) is 15.1 Å². The molecule has 1 aromatic rings. The lowest BCUT2D eigenvalue weighted by Gasteiger charge is -2.38. The zero-order valence-corrected chi connectivity index (χ0v) is 20.5. The quantitative estimate of drug-likeness (QED) is 0.254. The lowest BCUT2D eigenvalue weighted by atomic mass is 10.1. The third-order valence-corrected chi connectivity index (χ3v) is 5.88. The van der Waals surface area contributed by atoms with Crippen LogP contribution in [0.25, 0.3) is 0 Å². The number of piperazine rings is 1. The first-order chi connectivity index (χ1) is 13.7. The lowest BCUT2D eigenvalue weighted by Crippen LogP contribution is -2.52. The normalized spacial score (nSPS) is 19.2. The van der Waals surface area contributed by atoms with Gasteiger partial charge in [-0.1, -0.05) is 23.7 Å². The van der Waals surface area contributed by atoms with Crippen molar-refractivity contribution in [1.29, 1.82) is 0 Å². The van der Waals surface area contributed by atoms with Crippen LogP contribution in [0.3, 0.4) is 0 Å². The third kappa shape index (κ3) is 7.45. The molecule has 2 heterocycles. The molecule has 0 bridgehead atoms. The largest absolute Gasteiger partial charge is 0.393 e. The molecule has 0 spiro atoms. The summed E-state index contributed by atoms with van der Waals surface area (Å²) in [7, 11) is 0. The molecular formula is C21H35ClIN5O. The van der Waals surface area contributed by atoms with E-state index in [-0.39, 0.29) is 30.1 Å². The van der Waals surface area contributed by atoms with Crippen LogP contribution in [0.5, 0.6) is 0 Å². The molecule has 6 nitrogen and oxygen atoms in total. The number of aliphatic hydroxyl groups is 1. The highest BCUT2D eigenvalue weighted by Crippen LogP contribution is 2.26. The number of anilines is 1. The highest BCUT2D eigenvalue weighted by Gasteiger charge is 2.21. The highest BCUT2D eigenvalue weighted by molar-refractivity contribution is 14.0. The van der Waals surface area contributed by atoms with Crippen molar-refractivity contribution in [2.75, 3.05) is 63.8 Å². The standard InChI is InChI=1S/C21H34ClN5O.HI/c1-2-23-21(24-10-5-11-25-12-8-18(28)9-13-25)27-16-14-26(15-17-27)20-7-4-3-6-19(20)22;/h3-4,6-7,18,28H,2,5,8-17H2,1H3,(H,23,24);1H. The van der Waals surface area contributed by atoms with Gasteiger partial charge in [0.15, 0.2) is 5.96 Å². The number of para-hydroxylation sites is 1. The van der Waals surface area contributed by atoms with Gasteiger partial charge in [0.1, 0.15) is 0 Å². The van der Waals surface area contributed by atoms with Gasteiger partial charge in [-0.05, 0) is 44.9 Å². The first kappa shape index (κ1) is 24.5. The Balaban J connectivity index is 0.00000300. The average molecular weight is 536 g/mol. The van der Waals surface area contributed by atoms with Crippen LogP contribution in [-0.2, 0) is 0 Å². The summed E-state index contributed by atoms with van der Waals surface area (Å²) in [6.45, 7) is 10.7. The van der Waals surface area contributed by atoms with E-state index in [2.05, 4.69) is 33.0 Å². The van der Waals surface area contributed by atoms with Crippen LogP contribution in [0.1, 0.15) is 26.2 Å². The van der Waals surface area contributed by atoms with E-state index in [4.69, 9.17) is 16.6 Å². The van der Waals surface area contributed by atoms with Crippen molar-refractivity contribution in [2.24, 2.45) is 4.99 Å². The fraction of sp³-hybridized carbons (Fsp3) is 0.667. The van der Waals surface area contributed by atoms with Gasteiger partial charge in [-0.3, -0.25) is 4.99 Å². The summed E-state index contributed by atoms with van der Waals surface area (Å²) in [5, 5.41) is 13.9.